The minimum atomic E-state index is -0.152. The maximum atomic E-state index is 6.06. The standard InChI is InChI=1S/C13H20ClNO2/c1-13(2,3)17-8-7-16-12-10(9-15)5-4-6-11(12)14/h4-6H,7-9,15H2,1-3H3. The molecule has 1 aromatic carbocycles. The van der Waals surface area contributed by atoms with Gasteiger partial charge in [0, 0.05) is 12.1 Å². The molecule has 0 aromatic heterocycles. The SMILES string of the molecule is CC(C)(C)OCCOc1c(Cl)cccc1CN. The number of nitrogens with two attached hydrogens (primary N) is 1. The van der Waals surface area contributed by atoms with Crippen molar-refractivity contribution in [3.05, 3.63) is 28.8 Å². The zero-order valence-electron chi connectivity index (χ0n) is 10.6. The Balaban J connectivity index is 2.52. The fraction of sp³-hybridized carbons (Fsp3) is 0.538. The first-order valence-electron chi connectivity index (χ1n) is 5.68. The first-order valence-corrected chi connectivity index (χ1v) is 6.06. The van der Waals surface area contributed by atoms with Crippen LogP contribution in [0.2, 0.25) is 5.02 Å². The number of rotatable bonds is 5. The normalized spacial score (nSPS) is 11.6. The molecule has 0 saturated heterocycles. The van der Waals surface area contributed by atoms with E-state index in [1.807, 2.05) is 32.9 Å². The Morgan fingerprint density at radius 2 is 1.94 bits per heavy atom. The van der Waals surface area contributed by atoms with Crippen LogP contribution in [0.1, 0.15) is 26.3 Å². The van der Waals surface area contributed by atoms with Gasteiger partial charge in [-0.1, -0.05) is 23.7 Å². The van der Waals surface area contributed by atoms with Crippen molar-refractivity contribution in [3.8, 4) is 5.75 Å². The molecule has 0 amide bonds. The predicted molar refractivity (Wildman–Crippen MR) is 70.5 cm³/mol. The van der Waals surface area contributed by atoms with E-state index in [1.54, 1.807) is 6.07 Å². The van der Waals surface area contributed by atoms with Crippen molar-refractivity contribution in [2.45, 2.75) is 32.9 Å². The number of para-hydroxylation sites is 1. The molecular formula is C13H20ClNO2. The maximum absolute atomic E-state index is 6.06. The van der Waals surface area contributed by atoms with Gasteiger partial charge in [0.2, 0.25) is 0 Å². The second kappa shape index (κ2) is 6.24. The lowest BCUT2D eigenvalue weighted by molar-refractivity contribution is -0.0163. The monoisotopic (exact) mass is 257 g/mol. The highest BCUT2D eigenvalue weighted by Crippen LogP contribution is 2.28. The molecule has 0 bridgehead atoms. The molecule has 0 atom stereocenters. The van der Waals surface area contributed by atoms with Gasteiger partial charge in [-0.05, 0) is 26.8 Å². The van der Waals surface area contributed by atoms with E-state index in [0.717, 1.165) is 5.56 Å². The van der Waals surface area contributed by atoms with Crippen LogP contribution in [0.5, 0.6) is 5.75 Å². The third-order valence-electron chi connectivity index (χ3n) is 2.13. The quantitative estimate of drug-likeness (QED) is 0.825. The molecule has 1 rings (SSSR count). The van der Waals surface area contributed by atoms with Gasteiger partial charge in [-0.25, -0.2) is 0 Å². The summed E-state index contributed by atoms with van der Waals surface area (Å²) in [6.45, 7) is 7.43. The Labute approximate surface area is 108 Å². The summed E-state index contributed by atoms with van der Waals surface area (Å²) in [7, 11) is 0. The summed E-state index contributed by atoms with van der Waals surface area (Å²) in [4.78, 5) is 0. The molecule has 1 aromatic rings. The second-order valence-corrected chi connectivity index (χ2v) is 5.15. The van der Waals surface area contributed by atoms with E-state index in [1.165, 1.54) is 0 Å². The first kappa shape index (κ1) is 14.3. The molecular weight excluding hydrogens is 238 g/mol. The number of hydrogen-bond acceptors (Lipinski definition) is 3. The van der Waals surface area contributed by atoms with Gasteiger partial charge in [0.15, 0.2) is 0 Å². The van der Waals surface area contributed by atoms with Crippen molar-refractivity contribution in [3.63, 3.8) is 0 Å². The molecule has 0 unspecified atom stereocenters. The smallest absolute Gasteiger partial charge is 0.142 e. The molecule has 0 radical (unpaired) electrons. The van der Waals surface area contributed by atoms with E-state index in [-0.39, 0.29) is 5.60 Å². The van der Waals surface area contributed by atoms with Gasteiger partial charge in [-0.3, -0.25) is 0 Å². The van der Waals surface area contributed by atoms with E-state index in [9.17, 15) is 0 Å². The molecule has 0 aliphatic heterocycles. The fourth-order valence-electron chi connectivity index (χ4n) is 1.37. The first-order chi connectivity index (χ1) is 7.94. The van der Waals surface area contributed by atoms with Gasteiger partial charge in [-0.2, -0.15) is 0 Å². The average molecular weight is 258 g/mol. The Bertz CT molecular complexity index is 361. The van der Waals surface area contributed by atoms with Gasteiger partial charge < -0.3 is 15.2 Å². The van der Waals surface area contributed by atoms with Crippen LogP contribution in [0.4, 0.5) is 0 Å². The van der Waals surface area contributed by atoms with Crippen LogP contribution >= 0.6 is 11.6 Å². The van der Waals surface area contributed by atoms with Crippen molar-refractivity contribution in [2.75, 3.05) is 13.2 Å². The van der Waals surface area contributed by atoms with Gasteiger partial charge in [0.05, 0.1) is 17.2 Å². The van der Waals surface area contributed by atoms with E-state index >= 15 is 0 Å². The molecule has 3 nitrogen and oxygen atoms in total. The second-order valence-electron chi connectivity index (χ2n) is 4.74. The number of halogens is 1. The van der Waals surface area contributed by atoms with Crippen LogP contribution in [-0.2, 0) is 11.3 Å². The summed E-state index contributed by atoms with van der Waals surface area (Å²) in [5, 5.41) is 0.587. The summed E-state index contributed by atoms with van der Waals surface area (Å²) in [6, 6.07) is 5.57. The number of ether oxygens (including phenoxy) is 2. The number of benzene rings is 1. The van der Waals surface area contributed by atoms with Gasteiger partial charge >= 0.3 is 0 Å². The Morgan fingerprint density at radius 1 is 1.24 bits per heavy atom. The van der Waals surface area contributed by atoms with Gasteiger partial charge in [0.25, 0.3) is 0 Å². The van der Waals surface area contributed by atoms with E-state index < -0.39 is 0 Å². The topological polar surface area (TPSA) is 44.5 Å². The van der Waals surface area contributed by atoms with Crippen LogP contribution in [0.15, 0.2) is 18.2 Å². The predicted octanol–water partition coefficient (Wildman–Crippen LogP) is 2.99. The summed E-state index contributed by atoms with van der Waals surface area (Å²) < 4.78 is 11.2. The molecule has 0 aliphatic rings. The van der Waals surface area contributed by atoms with E-state index in [4.69, 9.17) is 26.8 Å². The lowest BCUT2D eigenvalue weighted by atomic mass is 10.2. The summed E-state index contributed by atoms with van der Waals surface area (Å²) in [5.74, 6) is 0.661. The minimum absolute atomic E-state index is 0.152. The highest BCUT2D eigenvalue weighted by Gasteiger charge is 2.11. The van der Waals surface area contributed by atoms with Crippen LogP contribution in [0.3, 0.4) is 0 Å². The molecule has 0 heterocycles. The zero-order chi connectivity index (χ0) is 12.9. The minimum Gasteiger partial charge on any atom is -0.489 e. The lowest BCUT2D eigenvalue weighted by Gasteiger charge is -2.20. The van der Waals surface area contributed by atoms with Crippen LogP contribution in [-0.4, -0.2) is 18.8 Å². The molecule has 0 fully saturated rings. The third kappa shape index (κ3) is 4.94. The molecule has 0 spiro atoms. The van der Waals surface area contributed by atoms with E-state index in [0.29, 0.717) is 30.5 Å². The van der Waals surface area contributed by atoms with Crippen molar-refractivity contribution in [1.82, 2.24) is 0 Å². The van der Waals surface area contributed by atoms with Crippen molar-refractivity contribution in [2.24, 2.45) is 5.73 Å². The molecule has 4 heteroatoms. The lowest BCUT2D eigenvalue weighted by Crippen LogP contribution is -2.22. The fourth-order valence-corrected chi connectivity index (χ4v) is 1.62. The van der Waals surface area contributed by atoms with E-state index in [2.05, 4.69) is 0 Å². The van der Waals surface area contributed by atoms with Gasteiger partial charge in [-0.15, -0.1) is 0 Å². The van der Waals surface area contributed by atoms with Crippen molar-refractivity contribution in [1.29, 1.82) is 0 Å². The maximum Gasteiger partial charge on any atom is 0.142 e. The summed E-state index contributed by atoms with van der Waals surface area (Å²) in [5.41, 5.74) is 6.38. The van der Waals surface area contributed by atoms with Crippen LogP contribution in [0.25, 0.3) is 0 Å². The Morgan fingerprint density at radius 3 is 2.53 bits per heavy atom. The number of hydrogen-bond donors (Lipinski definition) is 1. The Kier molecular flexibility index (Phi) is 5.25. The highest BCUT2D eigenvalue weighted by atomic mass is 35.5. The third-order valence-corrected chi connectivity index (χ3v) is 2.43. The van der Waals surface area contributed by atoms with Crippen LogP contribution < -0.4 is 10.5 Å². The summed E-state index contributed by atoms with van der Waals surface area (Å²) >= 11 is 6.06. The summed E-state index contributed by atoms with van der Waals surface area (Å²) in [6.07, 6.45) is 0. The molecule has 0 saturated carbocycles. The highest BCUT2D eigenvalue weighted by molar-refractivity contribution is 6.32. The van der Waals surface area contributed by atoms with Crippen LogP contribution in [0, 0.1) is 0 Å². The molecule has 17 heavy (non-hydrogen) atoms. The zero-order valence-corrected chi connectivity index (χ0v) is 11.4. The average Bonchev–Trinajstić information content (AvgIpc) is 2.24. The molecule has 0 aliphatic carbocycles. The molecule has 2 N–H and O–H groups in total. The largest absolute Gasteiger partial charge is 0.489 e. The Hall–Kier alpha value is -0.770. The van der Waals surface area contributed by atoms with Gasteiger partial charge in [0.1, 0.15) is 12.4 Å². The van der Waals surface area contributed by atoms with Crippen molar-refractivity contribution >= 4 is 11.6 Å². The van der Waals surface area contributed by atoms with Crippen molar-refractivity contribution < 1.29 is 9.47 Å². The molecule has 96 valence electrons.